The fourth-order valence-corrected chi connectivity index (χ4v) is 4.53. The largest absolute Gasteiger partial charge is 0.346 e. The van der Waals surface area contributed by atoms with Crippen LogP contribution in [0, 0.1) is 17.2 Å². The van der Waals surface area contributed by atoms with E-state index in [1.165, 1.54) is 47.8 Å². The summed E-state index contributed by atoms with van der Waals surface area (Å²) in [5.74, 6) is 0.586. The number of rotatable bonds is 3. The molecule has 1 saturated carbocycles. The van der Waals surface area contributed by atoms with Crippen molar-refractivity contribution in [2.45, 2.75) is 44.6 Å². The van der Waals surface area contributed by atoms with E-state index >= 15 is 0 Å². The van der Waals surface area contributed by atoms with Crippen molar-refractivity contribution in [1.82, 2.24) is 19.7 Å². The normalized spacial score (nSPS) is 17.8. The molecule has 0 aromatic carbocycles. The molecular formula is C19H19N5. The molecule has 0 radical (unpaired) electrons. The summed E-state index contributed by atoms with van der Waals surface area (Å²) in [5, 5.41) is 15.4. The zero-order valence-corrected chi connectivity index (χ0v) is 13.5. The number of aromatic nitrogens is 4. The smallest absolute Gasteiger partial charge is 0.138 e. The predicted octanol–water partition coefficient (Wildman–Crippen LogP) is 3.98. The molecule has 1 unspecified atom stereocenters. The highest BCUT2D eigenvalue weighted by Gasteiger charge is 2.29. The standard InChI is InChI=1S/C19H19N5/c20-7-5-17(12-3-1-2-4-12)24-11-15-14-6-8-21-19-18(14)13(10-22-19)9-16(15)23-24/h6,8,10-12,17H,1-5,9H2,(H,21,22). The lowest BCUT2D eigenvalue weighted by Gasteiger charge is -2.21. The van der Waals surface area contributed by atoms with Gasteiger partial charge in [-0.3, -0.25) is 4.68 Å². The van der Waals surface area contributed by atoms with Gasteiger partial charge < -0.3 is 4.98 Å². The molecule has 1 atom stereocenters. The highest BCUT2D eigenvalue weighted by molar-refractivity contribution is 5.98. The number of nitrogens with zero attached hydrogens (tertiary/aromatic N) is 4. The molecule has 3 aromatic rings. The van der Waals surface area contributed by atoms with Gasteiger partial charge in [0.15, 0.2) is 0 Å². The number of aromatic amines is 1. The third kappa shape index (κ3) is 1.92. The fourth-order valence-electron chi connectivity index (χ4n) is 4.53. The van der Waals surface area contributed by atoms with E-state index in [9.17, 15) is 5.26 Å². The predicted molar refractivity (Wildman–Crippen MR) is 91.3 cm³/mol. The minimum absolute atomic E-state index is 0.210. The first-order valence-corrected chi connectivity index (χ1v) is 8.75. The lowest BCUT2D eigenvalue weighted by atomic mass is 9.92. The highest BCUT2D eigenvalue weighted by Crippen LogP contribution is 2.41. The molecule has 2 aliphatic rings. The second-order valence-corrected chi connectivity index (χ2v) is 7.02. The van der Waals surface area contributed by atoms with Gasteiger partial charge in [0.25, 0.3) is 0 Å². The van der Waals surface area contributed by atoms with Gasteiger partial charge in [0.05, 0.1) is 24.2 Å². The molecule has 120 valence electrons. The van der Waals surface area contributed by atoms with Gasteiger partial charge in [-0.25, -0.2) is 4.98 Å². The van der Waals surface area contributed by atoms with E-state index in [-0.39, 0.29) is 6.04 Å². The Morgan fingerprint density at radius 2 is 2.21 bits per heavy atom. The van der Waals surface area contributed by atoms with E-state index in [0.29, 0.717) is 12.3 Å². The van der Waals surface area contributed by atoms with Crippen LogP contribution in [-0.4, -0.2) is 19.7 Å². The zero-order valence-electron chi connectivity index (χ0n) is 13.5. The van der Waals surface area contributed by atoms with Gasteiger partial charge in [-0.05, 0) is 36.0 Å². The molecule has 0 saturated heterocycles. The maximum Gasteiger partial charge on any atom is 0.138 e. The Morgan fingerprint density at radius 1 is 1.33 bits per heavy atom. The van der Waals surface area contributed by atoms with E-state index < -0.39 is 0 Å². The molecule has 3 heterocycles. The van der Waals surface area contributed by atoms with Crippen molar-refractivity contribution < 1.29 is 0 Å². The summed E-state index contributed by atoms with van der Waals surface area (Å²) in [7, 11) is 0. The number of hydrogen-bond donors (Lipinski definition) is 1. The van der Waals surface area contributed by atoms with Gasteiger partial charge in [-0.2, -0.15) is 10.4 Å². The second-order valence-electron chi connectivity index (χ2n) is 7.02. The summed E-state index contributed by atoms with van der Waals surface area (Å²) >= 11 is 0. The fraction of sp³-hybridized carbons (Fsp3) is 0.421. The molecule has 1 fully saturated rings. The Hall–Kier alpha value is -2.61. The Balaban J connectivity index is 1.61. The third-order valence-corrected chi connectivity index (χ3v) is 5.70. The van der Waals surface area contributed by atoms with Gasteiger partial charge >= 0.3 is 0 Å². The van der Waals surface area contributed by atoms with Crippen LogP contribution in [0.1, 0.15) is 49.4 Å². The number of pyridine rings is 1. The second kappa shape index (κ2) is 5.20. The van der Waals surface area contributed by atoms with Crippen molar-refractivity contribution in [3.63, 3.8) is 0 Å². The molecule has 0 bridgehead atoms. The molecule has 1 N–H and O–H groups in total. The van der Waals surface area contributed by atoms with Crippen LogP contribution in [0.5, 0.6) is 0 Å². The molecule has 24 heavy (non-hydrogen) atoms. The first-order valence-electron chi connectivity index (χ1n) is 8.75. The van der Waals surface area contributed by atoms with E-state index in [0.717, 1.165) is 17.8 Å². The summed E-state index contributed by atoms with van der Waals surface area (Å²) in [4.78, 5) is 7.68. The number of fused-ring (bicyclic) bond motifs is 2. The van der Waals surface area contributed by atoms with Crippen LogP contribution in [0.4, 0.5) is 0 Å². The van der Waals surface area contributed by atoms with Crippen LogP contribution in [0.3, 0.4) is 0 Å². The molecule has 2 aliphatic carbocycles. The number of nitrogens with one attached hydrogen (secondary N) is 1. The minimum Gasteiger partial charge on any atom is -0.346 e. The first kappa shape index (κ1) is 13.8. The number of nitriles is 1. The zero-order chi connectivity index (χ0) is 16.1. The Labute approximate surface area is 140 Å². The molecule has 3 aromatic heterocycles. The molecule has 0 aliphatic heterocycles. The SMILES string of the molecule is N#CCC(C1CCCC1)n1cc2c(n1)Cc1c[nH]c3nccc-2c13. The van der Waals surface area contributed by atoms with E-state index in [4.69, 9.17) is 5.10 Å². The maximum absolute atomic E-state index is 9.29. The average Bonchev–Trinajstić information content (AvgIpc) is 3.33. The summed E-state index contributed by atoms with van der Waals surface area (Å²) in [6, 6.07) is 4.67. The van der Waals surface area contributed by atoms with Crippen LogP contribution >= 0.6 is 0 Å². The van der Waals surface area contributed by atoms with Crippen LogP contribution in [0.15, 0.2) is 24.7 Å². The lowest BCUT2D eigenvalue weighted by molar-refractivity contribution is 0.313. The van der Waals surface area contributed by atoms with Gasteiger partial charge in [-0.15, -0.1) is 0 Å². The van der Waals surface area contributed by atoms with Crippen LogP contribution in [0.2, 0.25) is 0 Å². The van der Waals surface area contributed by atoms with E-state index in [1.807, 2.05) is 12.4 Å². The van der Waals surface area contributed by atoms with Crippen molar-refractivity contribution in [2.24, 2.45) is 5.92 Å². The topological polar surface area (TPSA) is 70.3 Å². The van der Waals surface area contributed by atoms with Crippen molar-refractivity contribution in [1.29, 1.82) is 5.26 Å². The molecule has 5 heteroatoms. The van der Waals surface area contributed by atoms with E-state index in [1.54, 1.807) is 0 Å². The van der Waals surface area contributed by atoms with E-state index in [2.05, 4.69) is 33.0 Å². The summed E-state index contributed by atoms with van der Waals surface area (Å²) in [6.45, 7) is 0. The molecule has 5 rings (SSSR count). The molecular weight excluding hydrogens is 298 g/mol. The average molecular weight is 317 g/mol. The minimum atomic E-state index is 0.210. The summed E-state index contributed by atoms with van der Waals surface area (Å²) in [5.41, 5.74) is 5.76. The Kier molecular flexibility index (Phi) is 2.99. The van der Waals surface area contributed by atoms with Crippen LogP contribution < -0.4 is 0 Å². The monoisotopic (exact) mass is 317 g/mol. The van der Waals surface area contributed by atoms with Crippen molar-refractivity contribution in [2.75, 3.05) is 0 Å². The van der Waals surface area contributed by atoms with Crippen molar-refractivity contribution in [3.05, 3.63) is 35.9 Å². The third-order valence-electron chi connectivity index (χ3n) is 5.70. The van der Waals surface area contributed by atoms with Crippen LogP contribution in [0.25, 0.3) is 22.2 Å². The summed E-state index contributed by atoms with van der Waals surface area (Å²) in [6.07, 6.45) is 12.5. The van der Waals surface area contributed by atoms with Gasteiger partial charge in [0.1, 0.15) is 5.65 Å². The summed E-state index contributed by atoms with van der Waals surface area (Å²) < 4.78 is 2.09. The van der Waals surface area contributed by atoms with Crippen molar-refractivity contribution >= 4 is 11.0 Å². The number of hydrogen-bond acceptors (Lipinski definition) is 3. The molecule has 5 nitrogen and oxygen atoms in total. The highest BCUT2D eigenvalue weighted by atomic mass is 15.3. The Bertz CT molecular complexity index is 952. The number of H-pyrrole nitrogens is 1. The maximum atomic E-state index is 9.29. The van der Waals surface area contributed by atoms with Gasteiger partial charge in [-0.1, -0.05) is 12.8 Å². The van der Waals surface area contributed by atoms with Crippen molar-refractivity contribution in [3.8, 4) is 17.2 Å². The van der Waals surface area contributed by atoms with Crippen LogP contribution in [-0.2, 0) is 6.42 Å². The first-order chi connectivity index (χ1) is 11.8. The molecule has 0 amide bonds. The van der Waals surface area contributed by atoms with Gasteiger partial charge in [0.2, 0.25) is 0 Å². The Morgan fingerprint density at radius 3 is 3.04 bits per heavy atom. The molecule has 0 spiro atoms. The quantitative estimate of drug-likeness (QED) is 0.621. The lowest BCUT2D eigenvalue weighted by Crippen LogP contribution is -2.18. The van der Waals surface area contributed by atoms with Gasteiger partial charge in [0, 0.05) is 36.0 Å².